The number of hydrogen-bond acceptors (Lipinski definition) is 6. The van der Waals surface area contributed by atoms with Gasteiger partial charge in [-0.05, 0) is 83.5 Å². The number of esters is 2. The fraction of sp³-hybridized carbons (Fsp3) is 0.696. The SMILES string of the molecule is CC/C=C/C/C=C/C/C=C/CCCCCCCCCCCCCCCC(=O)OCC(COCCC(C(=O)O)[N+](C)(C)C)OC(=O)CCC/C=C/C/C=C/C/C=C/C/C=C/CCCCC. The summed E-state index contributed by atoms with van der Waals surface area (Å²) in [5.41, 5.74) is 0. The van der Waals surface area contributed by atoms with E-state index in [1.165, 1.54) is 96.3 Å². The first-order valence-corrected chi connectivity index (χ1v) is 25.6. The van der Waals surface area contributed by atoms with Gasteiger partial charge < -0.3 is 23.8 Å². The molecule has 0 saturated heterocycles. The van der Waals surface area contributed by atoms with Gasteiger partial charge in [0.2, 0.25) is 0 Å². The van der Waals surface area contributed by atoms with Gasteiger partial charge in [0.25, 0.3) is 0 Å². The highest BCUT2D eigenvalue weighted by atomic mass is 16.6. The van der Waals surface area contributed by atoms with Crippen LogP contribution >= 0.6 is 0 Å². The molecule has 0 aromatic carbocycles. The molecule has 0 heterocycles. The summed E-state index contributed by atoms with van der Waals surface area (Å²) in [5.74, 6) is -1.54. The van der Waals surface area contributed by atoms with Crippen LogP contribution in [0.1, 0.15) is 200 Å². The zero-order chi connectivity index (χ0) is 47.0. The first-order chi connectivity index (χ1) is 31.1. The maximum absolute atomic E-state index is 12.8. The molecule has 2 atom stereocenters. The molecule has 0 rings (SSSR count). The Bertz CT molecular complexity index is 1320. The third kappa shape index (κ3) is 43.7. The van der Waals surface area contributed by atoms with Crippen molar-refractivity contribution in [3.05, 3.63) is 85.1 Å². The van der Waals surface area contributed by atoms with Gasteiger partial charge in [0.1, 0.15) is 6.61 Å². The number of carbonyl (C=O) groups is 3. The summed E-state index contributed by atoms with van der Waals surface area (Å²) in [5, 5.41) is 9.65. The van der Waals surface area contributed by atoms with Crippen molar-refractivity contribution in [1.82, 2.24) is 0 Å². The Kier molecular flexibility index (Phi) is 43.5. The van der Waals surface area contributed by atoms with Gasteiger partial charge in [-0.3, -0.25) is 9.59 Å². The number of carboxylic acids is 1. The summed E-state index contributed by atoms with van der Waals surface area (Å²) >= 11 is 0. The monoisotopic (exact) mass is 895 g/mol. The smallest absolute Gasteiger partial charge is 0.362 e. The van der Waals surface area contributed by atoms with Crippen LogP contribution in [0.3, 0.4) is 0 Å². The van der Waals surface area contributed by atoms with Gasteiger partial charge in [0, 0.05) is 19.3 Å². The van der Waals surface area contributed by atoms with Crippen LogP contribution in [-0.4, -0.2) is 80.6 Å². The van der Waals surface area contributed by atoms with Crippen LogP contribution < -0.4 is 0 Å². The predicted molar refractivity (Wildman–Crippen MR) is 270 cm³/mol. The molecule has 2 unspecified atom stereocenters. The van der Waals surface area contributed by atoms with E-state index in [0.717, 1.165) is 64.2 Å². The lowest BCUT2D eigenvalue weighted by molar-refractivity contribution is -0.887. The van der Waals surface area contributed by atoms with E-state index in [2.05, 4.69) is 98.9 Å². The Morgan fingerprint density at radius 3 is 1.34 bits per heavy atom. The number of nitrogens with zero attached hydrogens (tertiary/aromatic N) is 1. The van der Waals surface area contributed by atoms with E-state index < -0.39 is 18.1 Å². The predicted octanol–water partition coefficient (Wildman–Crippen LogP) is 14.9. The molecule has 8 nitrogen and oxygen atoms in total. The van der Waals surface area contributed by atoms with Crippen LogP contribution in [-0.2, 0) is 28.6 Å². The van der Waals surface area contributed by atoms with E-state index in [4.69, 9.17) is 14.2 Å². The van der Waals surface area contributed by atoms with Crippen molar-refractivity contribution in [3.63, 3.8) is 0 Å². The number of quaternary nitrogens is 1. The van der Waals surface area contributed by atoms with E-state index in [1.807, 2.05) is 21.1 Å². The summed E-state index contributed by atoms with van der Waals surface area (Å²) < 4.78 is 17.3. The van der Waals surface area contributed by atoms with Crippen molar-refractivity contribution in [3.8, 4) is 0 Å². The largest absolute Gasteiger partial charge is 0.477 e. The van der Waals surface area contributed by atoms with Crippen LogP contribution in [0.25, 0.3) is 0 Å². The van der Waals surface area contributed by atoms with Gasteiger partial charge in [-0.2, -0.15) is 0 Å². The fourth-order valence-corrected chi connectivity index (χ4v) is 7.10. The second kappa shape index (κ2) is 46.1. The minimum absolute atomic E-state index is 0.0356. The fourth-order valence-electron chi connectivity index (χ4n) is 7.10. The summed E-state index contributed by atoms with van der Waals surface area (Å²) in [6.07, 6.45) is 60.7. The molecule has 0 aromatic rings. The Morgan fingerprint density at radius 2 is 0.891 bits per heavy atom. The maximum Gasteiger partial charge on any atom is 0.362 e. The van der Waals surface area contributed by atoms with E-state index in [-0.39, 0.29) is 42.7 Å². The molecule has 366 valence electrons. The number of carboxylic acid groups (broad SMARTS) is 1. The molecule has 1 N–H and O–H groups in total. The van der Waals surface area contributed by atoms with Gasteiger partial charge in [-0.15, -0.1) is 0 Å². The lowest BCUT2D eigenvalue weighted by atomic mass is 10.0. The van der Waals surface area contributed by atoms with E-state index in [9.17, 15) is 19.5 Å². The molecule has 64 heavy (non-hydrogen) atoms. The number of likely N-dealkylation sites (N-methyl/N-ethyl adjacent to an activating group) is 1. The van der Waals surface area contributed by atoms with Crippen LogP contribution in [0.4, 0.5) is 0 Å². The molecular formula is C56H96NO7+. The second-order valence-electron chi connectivity index (χ2n) is 18.0. The molecule has 8 heteroatoms. The normalized spacial score (nSPS) is 13.6. The van der Waals surface area contributed by atoms with E-state index in [1.54, 1.807) is 0 Å². The lowest BCUT2D eigenvalue weighted by Crippen LogP contribution is -2.50. The molecule has 0 radical (unpaired) electrons. The number of hydrogen-bond donors (Lipinski definition) is 1. The number of aliphatic carboxylic acids is 1. The van der Waals surface area contributed by atoms with Crippen LogP contribution in [0.2, 0.25) is 0 Å². The molecule has 0 aromatic heterocycles. The summed E-state index contributed by atoms with van der Waals surface area (Å²) in [7, 11) is 5.51. The zero-order valence-electron chi connectivity index (χ0n) is 41.7. The highest BCUT2D eigenvalue weighted by Gasteiger charge is 2.31. The number of carbonyl (C=O) groups excluding carboxylic acids is 2. The maximum atomic E-state index is 12.8. The summed E-state index contributed by atoms with van der Waals surface area (Å²) in [4.78, 5) is 37.1. The molecule has 0 aliphatic carbocycles. The molecule has 0 spiro atoms. The molecular weight excluding hydrogens is 799 g/mol. The highest BCUT2D eigenvalue weighted by molar-refractivity contribution is 5.72. The van der Waals surface area contributed by atoms with Crippen molar-refractivity contribution < 1.29 is 38.2 Å². The molecule has 0 bridgehead atoms. The Labute approximate surface area is 393 Å². The van der Waals surface area contributed by atoms with Crippen LogP contribution in [0, 0.1) is 0 Å². The minimum Gasteiger partial charge on any atom is -0.477 e. The van der Waals surface area contributed by atoms with Crippen LogP contribution in [0.15, 0.2) is 85.1 Å². The van der Waals surface area contributed by atoms with Gasteiger partial charge >= 0.3 is 17.9 Å². The standard InChI is InChI=1S/C56H95NO7/c1-6-8-10-12-14-16-18-20-22-24-25-26-27-28-29-31-32-34-36-38-40-42-44-46-54(58)63-51-52(50-62-49-48-53(56(60)61)57(3,4)5)64-55(59)47-45-43-41-39-37-35-33-30-23-21-19-17-15-13-11-9-7-2/h8,10,14-17,20-23,33,35,39,41,52-53H,6-7,9,11-13,18-19,24-32,34,36-38,40,42-51H2,1-5H3/p+1/b10-8+,16-14+,17-15+,22-20+,23-21+,35-33+,41-39+. The Hall–Kier alpha value is -3.49. The van der Waals surface area contributed by atoms with Gasteiger partial charge in [0.15, 0.2) is 12.1 Å². The number of rotatable bonds is 45. The van der Waals surface area contributed by atoms with Gasteiger partial charge in [-0.25, -0.2) is 4.79 Å². The first-order valence-electron chi connectivity index (χ1n) is 25.6. The third-order valence-corrected chi connectivity index (χ3v) is 11.0. The molecule has 0 fully saturated rings. The average Bonchev–Trinajstić information content (AvgIpc) is 3.26. The average molecular weight is 895 g/mol. The van der Waals surface area contributed by atoms with Crippen molar-refractivity contribution in [2.75, 3.05) is 41.0 Å². The minimum atomic E-state index is -0.885. The topological polar surface area (TPSA) is 99.1 Å². The van der Waals surface area contributed by atoms with Crippen molar-refractivity contribution in [2.45, 2.75) is 212 Å². The molecule has 0 saturated carbocycles. The highest BCUT2D eigenvalue weighted by Crippen LogP contribution is 2.15. The first kappa shape index (κ1) is 60.5. The quantitative estimate of drug-likeness (QED) is 0.0281. The zero-order valence-corrected chi connectivity index (χ0v) is 41.7. The number of allylic oxidation sites excluding steroid dienone is 14. The Balaban J connectivity index is 4.29. The third-order valence-electron chi connectivity index (χ3n) is 11.0. The molecule has 0 amide bonds. The lowest BCUT2D eigenvalue weighted by Gasteiger charge is -2.31. The van der Waals surface area contributed by atoms with Crippen molar-refractivity contribution in [1.29, 1.82) is 0 Å². The van der Waals surface area contributed by atoms with Crippen LogP contribution in [0.5, 0.6) is 0 Å². The number of unbranched alkanes of at least 4 members (excludes halogenated alkanes) is 17. The van der Waals surface area contributed by atoms with Gasteiger partial charge in [-0.1, -0.05) is 182 Å². The number of ether oxygens (including phenoxy) is 3. The van der Waals surface area contributed by atoms with E-state index >= 15 is 0 Å². The van der Waals surface area contributed by atoms with Gasteiger partial charge in [0.05, 0.1) is 34.4 Å². The second-order valence-corrected chi connectivity index (χ2v) is 18.0. The van der Waals surface area contributed by atoms with E-state index in [0.29, 0.717) is 19.3 Å². The van der Waals surface area contributed by atoms with Crippen molar-refractivity contribution >= 4 is 17.9 Å². The summed E-state index contributed by atoms with van der Waals surface area (Å²) in [6.45, 7) is 4.54. The summed E-state index contributed by atoms with van der Waals surface area (Å²) in [6, 6.07) is -0.629. The molecule has 0 aliphatic rings. The Morgan fingerprint density at radius 1 is 0.484 bits per heavy atom. The van der Waals surface area contributed by atoms with Crippen molar-refractivity contribution in [2.24, 2.45) is 0 Å². The molecule has 0 aliphatic heterocycles.